The van der Waals surface area contributed by atoms with E-state index in [-0.39, 0.29) is 17.7 Å². The lowest BCUT2D eigenvalue weighted by Crippen LogP contribution is -2.50. The van der Waals surface area contributed by atoms with Crippen molar-refractivity contribution in [3.63, 3.8) is 0 Å². The largest absolute Gasteiger partial charge is 0.394 e. The van der Waals surface area contributed by atoms with E-state index in [1.54, 1.807) is 31.2 Å². The molecule has 2 aromatic carbocycles. The minimum absolute atomic E-state index is 0.140. The van der Waals surface area contributed by atoms with Gasteiger partial charge >= 0.3 is 6.18 Å². The van der Waals surface area contributed by atoms with E-state index in [1.807, 2.05) is 23.1 Å². The summed E-state index contributed by atoms with van der Waals surface area (Å²) in [5, 5.41) is 38.4. The fourth-order valence-corrected chi connectivity index (χ4v) is 5.36. The van der Waals surface area contributed by atoms with Crippen LogP contribution in [0.15, 0.2) is 42.0 Å². The number of piperidine rings is 1. The molecule has 0 saturated carbocycles. The normalized spacial score (nSPS) is 20.7. The number of carbonyl (C=O) groups excluding carboxylic acids is 1. The first-order valence-electron chi connectivity index (χ1n) is 11.7. The molecule has 0 spiro atoms. The Morgan fingerprint density at radius 2 is 1.92 bits per heavy atom. The van der Waals surface area contributed by atoms with Crippen molar-refractivity contribution in [2.24, 2.45) is 5.92 Å². The Morgan fingerprint density at radius 3 is 2.56 bits per heavy atom. The van der Waals surface area contributed by atoms with Gasteiger partial charge in [0.2, 0.25) is 5.12 Å². The van der Waals surface area contributed by atoms with Crippen LogP contribution in [0.2, 0.25) is 0 Å². The van der Waals surface area contributed by atoms with Gasteiger partial charge in [0.05, 0.1) is 18.6 Å². The fourth-order valence-electron chi connectivity index (χ4n) is 4.56. The van der Waals surface area contributed by atoms with Crippen LogP contribution >= 0.6 is 11.8 Å². The van der Waals surface area contributed by atoms with Crippen molar-refractivity contribution < 1.29 is 33.3 Å². The third-order valence-corrected chi connectivity index (χ3v) is 7.46. The van der Waals surface area contributed by atoms with Crippen LogP contribution in [0.5, 0.6) is 0 Å². The fraction of sp³-hybridized carbons (Fsp3) is 0.462. The van der Waals surface area contributed by atoms with Crippen LogP contribution in [0.4, 0.5) is 18.9 Å². The molecule has 2 aromatic rings. The summed E-state index contributed by atoms with van der Waals surface area (Å²) >= 11 is 0.669. The summed E-state index contributed by atoms with van der Waals surface area (Å²) in [4.78, 5) is 14.2. The van der Waals surface area contributed by atoms with Crippen LogP contribution in [0.25, 0.3) is 16.8 Å². The molecule has 6 nitrogen and oxygen atoms in total. The lowest BCUT2D eigenvalue weighted by molar-refractivity contribution is -0.185. The Labute approximate surface area is 212 Å². The molecule has 194 valence electrons. The molecule has 1 saturated heterocycles. The molecule has 0 aliphatic carbocycles. The first-order chi connectivity index (χ1) is 17.1. The summed E-state index contributed by atoms with van der Waals surface area (Å²) in [6, 6.07) is 12.0. The molecule has 1 aliphatic rings. The topological polar surface area (TPSA) is 105 Å². The molecule has 4 atom stereocenters. The van der Waals surface area contributed by atoms with E-state index < -0.39 is 42.1 Å². The molecule has 10 heteroatoms. The minimum Gasteiger partial charge on any atom is -0.394 e. The highest BCUT2D eigenvalue weighted by atomic mass is 32.2. The molecular weight excluding hydrogens is 493 g/mol. The number of anilines is 1. The molecule has 36 heavy (non-hydrogen) atoms. The van der Waals surface area contributed by atoms with Crippen LogP contribution in [0.3, 0.4) is 0 Å². The average Bonchev–Trinajstić information content (AvgIpc) is 2.88. The summed E-state index contributed by atoms with van der Waals surface area (Å²) < 4.78 is 40.7. The van der Waals surface area contributed by atoms with E-state index in [4.69, 9.17) is 5.11 Å². The highest BCUT2D eigenvalue weighted by Gasteiger charge is 2.47. The van der Waals surface area contributed by atoms with Crippen LogP contribution in [0.1, 0.15) is 31.7 Å². The second kappa shape index (κ2) is 12.1. The predicted molar refractivity (Wildman–Crippen MR) is 134 cm³/mol. The second-order valence-electron chi connectivity index (χ2n) is 8.84. The van der Waals surface area contributed by atoms with Gasteiger partial charge in [-0.3, -0.25) is 4.79 Å². The van der Waals surface area contributed by atoms with E-state index in [9.17, 15) is 33.4 Å². The molecule has 3 N–H and O–H groups in total. The molecule has 1 fully saturated rings. The number of aliphatic hydroxyl groups is 3. The van der Waals surface area contributed by atoms with Gasteiger partial charge < -0.3 is 20.2 Å². The third-order valence-electron chi connectivity index (χ3n) is 6.46. The number of rotatable bonds is 8. The van der Waals surface area contributed by atoms with Crippen molar-refractivity contribution in [1.29, 1.82) is 5.26 Å². The zero-order valence-electron chi connectivity index (χ0n) is 19.8. The highest BCUT2D eigenvalue weighted by molar-refractivity contribution is 8.14. The van der Waals surface area contributed by atoms with E-state index in [1.165, 1.54) is 6.08 Å². The molecule has 0 amide bonds. The number of thioether (sulfide) groups is 1. The zero-order valence-corrected chi connectivity index (χ0v) is 20.6. The molecule has 1 aliphatic heterocycles. The van der Waals surface area contributed by atoms with Gasteiger partial charge in [0.25, 0.3) is 0 Å². The minimum atomic E-state index is -4.23. The maximum absolute atomic E-state index is 13.6. The van der Waals surface area contributed by atoms with E-state index in [2.05, 4.69) is 0 Å². The smallest absolute Gasteiger partial charge is 0.393 e. The summed E-state index contributed by atoms with van der Waals surface area (Å²) in [5.74, 6) is -1.53. The van der Waals surface area contributed by atoms with Gasteiger partial charge in [-0.15, -0.1) is 0 Å². The van der Waals surface area contributed by atoms with Crippen molar-refractivity contribution in [2.45, 2.75) is 50.6 Å². The molecule has 0 aromatic heterocycles. The average molecular weight is 523 g/mol. The van der Waals surface area contributed by atoms with Gasteiger partial charge in [0.1, 0.15) is 17.7 Å². The molecule has 1 heterocycles. The number of hydrogen-bond acceptors (Lipinski definition) is 7. The molecule has 0 radical (unpaired) electrons. The lowest BCUT2D eigenvalue weighted by atomic mass is 9.86. The van der Waals surface area contributed by atoms with Gasteiger partial charge in [-0.1, -0.05) is 36.9 Å². The van der Waals surface area contributed by atoms with Crippen molar-refractivity contribution in [3.05, 3.63) is 47.5 Å². The lowest BCUT2D eigenvalue weighted by Gasteiger charge is -2.43. The standard InChI is InChI=1S/C26H29F3N2O4S/c1-2-22-21(26(27,28)29)4-3-9-31(22)20-8-7-17-10-16(5-6-18(17)12-20)11-19(13-30)25(35)36-15-24(34)23(33)14-32/h5-8,10-12,21-24,32-34H,2-4,9,14-15H2,1H3/b19-11+. The van der Waals surface area contributed by atoms with E-state index in [0.29, 0.717) is 36.7 Å². The number of nitrogens with zero attached hydrogens (tertiary/aromatic N) is 2. The van der Waals surface area contributed by atoms with Gasteiger partial charge in [0.15, 0.2) is 0 Å². The second-order valence-corrected chi connectivity index (χ2v) is 9.83. The highest BCUT2D eigenvalue weighted by Crippen LogP contribution is 2.41. The Morgan fingerprint density at radius 1 is 1.22 bits per heavy atom. The van der Waals surface area contributed by atoms with Crippen LogP contribution in [-0.4, -0.2) is 63.8 Å². The summed E-state index contributed by atoms with van der Waals surface area (Å²) in [7, 11) is 0. The first kappa shape index (κ1) is 28.0. The van der Waals surface area contributed by atoms with E-state index in [0.717, 1.165) is 16.5 Å². The Kier molecular flexibility index (Phi) is 9.41. The molecule has 3 rings (SSSR count). The molecular formula is C26H29F3N2O4S. The monoisotopic (exact) mass is 522 g/mol. The number of fused-ring (bicyclic) bond motifs is 1. The van der Waals surface area contributed by atoms with Crippen molar-refractivity contribution in [2.75, 3.05) is 23.8 Å². The Balaban J connectivity index is 1.80. The number of nitriles is 1. The van der Waals surface area contributed by atoms with Crippen molar-refractivity contribution in [1.82, 2.24) is 0 Å². The maximum Gasteiger partial charge on any atom is 0.393 e. The number of hydrogen-bond donors (Lipinski definition) is 3. The zero-order chi connectivity index (χ0) is 26.5. The van der Waals surface area contributed by atoms with Gasteiger partial charge in [-0.05, 0) is 59.9 Å². The summed E-state index contributed by atoms with van der Waals surface area (Å²) in [5.41, 5.74) is 1.19. The number of carbonyl (C=O) groups is 1. The quantitative estimate of drug-likeness (QED) is 0.351. The van der Waals surface area contributed by atoms with Crippen LogP contribution < -0.4 is 4.90 Å². The predicted octanol–water partition coefficient (Wildman–Crippen LogP) is 4.28. The first-order valence-corrected chi connectivity index (χ1v) is 12.7. The molecule has 0 bridgehead atoms. The summed E-state index contributed by atoms with van der Waals surface area (Å²) in [6.45, 7) is 1.70. The van der Waals surface area contributed by atoms with Crippen LogP contribution in [0, 0.1) is 17.2 Å². The summed E-state index contributed by atoms with van der Waals surface area (Å²) in [6.07, 6.45) is -4.49. The van der Waals surface area contributed by atoms with Crippen molar-refractivity contribution in [3.8, 4) is 6.07 Å². The SMILES string of the molecule is CCC1C(C(F)(F)F)CCCN1c1ccc2cc(/C=C(\C#N)C(=O)SCC(O)C(O)CO)ccc2c1. The van der Waals surface area contributed by atoms with Crippen molar-refractivity contribution >= 4 is 39.4 Å². The van der Waals surface area contributed by atoms with Crippen LogP contribution in [-0.2, 0) is 4.79 Å². The van der Waals surface area contributed by atoms with Gasteiger partial charge in [-0.2, -0.15) is 18.4 Å². The number of halogens is 3. The van der Waals surface area contributed by atoms with E-state index >= 15 is 0 Å². The molecule has 4 unspecified atom stereocenters. The Bertz CT molecular complexity index is 1150. The number of alkyl halides is 3. The third kappa shape index (κ3) is 6.59. The maximum atomic E-state index is 13.6. The number of benzene rings is 2. The number of aliphatic hydroxyl groups excluding tert-OH is 3. The van der Waals surface area contributed by atoms with Gasteiger partial charge in [-0.25, -0.2) is 0 Å². The Hall–Kier alpha value is -2.58. The van der Waals surface area contributed by atoms with Gasteiger partial charge in [0, 0.05) is 24.0 Å².